The zero-order chi connectivity index (χ0) is 21.0. The van der Waals surface area contributed by atoms with E-state index in [-0.39, 0.29) is 16.6 Å². The van der Waals surface area contributed by atoms with Crippen LogP contribution in [0.4, 0.5) is 5.69 Å². The number of anilines is 1. The van der Waals surface area contributed by atoms with Crippen LogP contribution in [-0.2, 0) is 4.79 Å². The maximum absolute atomic E-state index is 12.6. The fourth-order valence-corrected chi connectivity index (χ4v) is 3.54. The SMILES string of the molecule is Cc1ccc(C)c(NC(=O)C(C)Sc2nc(-c3ccccc3)c(C#N)c(=O)[nH]2)c1. The van der Waals surface area contributed by atoms with E-state index >= 15 is 0 Å². The Bertz CT molecular complexity index is 1150. The van der Waals surface area contributed by atoms with Gasteiger partial charge in [0.2, 0.25) is 5.91 Å². The Morgan fingerprint density at radius 1 is 1.21 bits per heavy atom. The molecule has 7 heteroatoms. The highest BCUT2D eigenvalue weighted by molar-refractivity contribution is 8.00. The first-order valence-electron chi connectivity index (χ1n) is 9.03. The third-order valence-electron chi connectivity index (χ3n) is 4.37. The Balaban J connectivity index is 1.85. The van der Waals surface area contributed by atoms with Crippen LogP contribution in [0.3, 0.4) is 0 Å². The number of hydrogen-bond donors (Lipinski definition) is 2. The molecule has 1 heterocycles. The zero-order valence-corrected chi connectivity index (χ0v) is 17.1. The third kappa shape index (κ3) is 4.73. The molecule has 1 unspecified atom stereocenters. The summed E-state index contributed by atoms with van der Waals surface area (Å²) < 4.78 is 0. The number of hydrogen-bond acceptors (Lipinski definition) is 5. The molecule has 146 valence electrons. The Hall–Kier alpha value is -3.37. The molecule has 2 aromatic carbocycles. The molecule has 0 aliphatic carbocycles. The summed E-state index contributed by atoms with van der Waals surface area (Å²) in [5.74, 6) is -0.197. The van der Waals surface area contributed by atoms with E-state index in [0.717, 1.165) is 28.6 Å². The van der Waals surface area contributed by atoms with E-state index in [0.29, 0.717) is 11.3 Å². The minimum absolute atomic E-state index is 0.0481. The van der Waals surface area contributed by atoms with Gasteiger partial charge in [-0.2, -0.15) is 5.26 Å². The van der Waals surface area contributed by atoms with Gasteiger partial charge in [-0.25, -0.2) is 4.98 Å². The number of nitriles is 1. The predicted octanol–water partition coefficient (Wildman–Crippen LogP) is 4.04. The van der Waals surface area contributed by atoms with Crippen LogP contribution in [0.1, 0.15) is 23.6 Å². The van der Waals surface area contributed by atoms with Crippen LogP contribution in [0.25, 0.3) is 11.3 Å². The fourth-order valence-electron chi connectivity index (χ4n) is 2.74. The molecule has 0 bridgehead atoms. The van der Waals surface area contributed by atoms with Crippen LogP contribution in [0.5, 0.6) is 0 Å². The van der Waals surface area contributed by atoms with Gasteiger partial charge in [0.1, 0.15) is 11.6 Å². The standard InChI is InChI=1S/C22H20N4O2S/c1-13-9-10-14(2)18(11-13)24-20(27)15(3)29-22-25-19(16-7-5-4-6-8-16)17(12-23)21(28)26-22/h4-11,15H,1-3H3,(H,24,27)(H,25,26,28). The number of nitrogens with one attached hydrogen (secondary N) is 2. The summed E-state index contributed by atoms with van der Waals surface area (Å²) in [5, 5.41) is 12.1. The molecular weight excluding hydrogens is 384 g/mol. The molecule has 0 saturated heterocycles. The molecule has 29 heavy (non-hydrogen) atoms. The van der Waals surface area contributed by atoms with Crippen LogP contribution in [0.2, 0.25) is 0 Å². The highest BCUT2D eigenvalue weighted by Crippen LogP contribution is 2.25. The van der Waals surface area contributed by atoms with E-state index in [1.807, 2.05) is 56.3 Å². The van der Waals surface area contributed by atoms with Crippen LogP contribution in [0, 0.1) is 25.2 Å². The van der Waals surface area contributed by atoms with E-state index in [9.17, 15) is 14.9 Å². The smallest absolute Gasteiger partial charge is 0.270 e. The van der Waals surface area contributed by atoms with Gasteiger partial charge in [0.25, 0.3) is 5.56 Å². The topological polar surface area (TPSA) is 98.6 Å². The number of benzene rings is 2. The lowest BCUT2D eigenvalue weighted by atomic mass is 10.1. The Labute approximate surface area is 173 Å². The van der Waals surface area contributed by atoms with Crippen LogP contribution in [-0.4, -0.2) is 21.1 Å². The number of H-pyrrole nitrogens is 1. The monoisotopic (exact) mass is 404 g/mol. The van der Waals surface area contributed by atoms with Crippen molar-refractivity contribution in [3.8, 4) is 17.3 Å². The van der Waals surface area contributed by atoms with Crippen molar-refractivity contribution < 1.29 is 4.79 Å². The van der Waals surface area contributed by atoms with Crippen LogP contribution >= 0.6 is 11.8 Å². The molecule has 2 N–H and O–H groups in total. The number of aryl methyl sites for hydroxylation is 2. The first-order valence-corrected chi connectivity index (χ1v) is 9.91. The Morgan fingerprint density at radius 3 is 2.62 bits per heavy atom. The summed E-state index contributed by atoms with van der Waals surface area (Å²) in [4.78, 5) is 32.0. The summed E-state index contributed by atoms with van der Waals surface area (Å²) >= 11 is 1.14. The predicted molar refractivity (Wildman–Crippen MR) is 115 cm³/mol. The highest BCUT2D eigenvalue weighted by atomic mass is 32.2. The first-order chi connectivity index (χ1) is 13.9. The second kappa shape index (κ2) is 8.76. The average Bonchev–Trinajstić information content (AvgIpc) is 2.71. The molecule has 3 rings (SSSR count). The van der Waals surface area contributed by atoms with E-state index in [2.05, 4.69) is 15.3 Å². The van der Waals surface area contributed by atoms with Gasteiger partial charge >= 0.3 is 0 Å². The number of carbonyl (C=O) groups is 1. The van der Waals surface area contributed by atoms with Gasteiger partial charge in [-0.3, -0.25) is 9.59 Å². The molecule has 0 aliphatic rings. The van der Waals surface area contributed by atoms with Crippen molar-refractivity contribution in [3.63, 3.8) is 0 Å². The molecule has 1 atom stereocenters. The van der Waals surface area contributed by atoms with E-state index < -0.39 is 10.8 Å². The van der Waals surface area contributed by atoms with Gasteiger partial charge in [0.15, 0.2) is 5.16 Å². The van der Waals surface area contributed by atoms with Gasteiger partial charge in [-0.05, 0) is 38.0 Å². The largest absolute Gasteiger partial charge is 0.325 e. The molecular formula is C22H20N4O2S. The van der Waals surface area contributed by atoms with Gasteiger partial charge in [-0.1, -0.05) is 54.2 Å². The summed E-state index contributed by atoms with van der Waals surface area (Å²) in [6.45, 7) is 5.63. The van der Waals surface area contributed by atoms with Gasteiger partial charge < -0.3 is 10.3 Å². The third-order valence-corrected chi connectivity index (χ3v) is 5.35. The van der Waals surface area contributed by atoms with Crippen molar-refractivity contribution in [2.75, 3.05) is 5.32 Å². The quantitative estimate of drug-likeness (QED) is 0.494. The normalized spacial score (nSPS) is 11.5. The molecule has 0 radical (unpaired) electrons. The van der Waals surface area contributed by atoms with Crippen molar-refractivity contribution in [3.05, 3.63) is 75.6 Å². The minimum Gasteiger partial charge on any atom is -0.325 e. The molecule has 0 aliphatic heterocycles. The van der Waals surface area contributed by atoms with E-state index in [4.69, 9.17) is 0 Å². The molecule has 0 spiro atoms. The highest BCUT2D eigenvalue weighted by Gasteiger charge is 2.19. The number of aromatic nitrogens is 2. The molecule has 6 nitrogen and oxygen atoms in total. The lowest BCUT2D eigenvalue weighted by Crippen LogP contribution is -2.24. The number of nitrogens with zero attached hydrogens (tertiary/aromatic N) is 2. The van der Waals surface area contributed by atoms with Crippen molar-refractivity contribution in [1.82, 2.24) is 9.97 Å². The van der Waals surface area contributed by atoms with Crippen LogP contribution in [0.15, 0.2) is 58.5 Å². The maximum atomic E-state index is 12.6. The fraction of sp³-hybridized carbons (Fsp3) is 0.182. The number of rotatable bonds is 5. The van der Waals surface area contributed by atoms with Crippen molar-refractivity contribution in [1.29, 1.82) is 5.26 Å². The minimum atomic E-state index is -0.522. The average molecular weight is 404 g/mol. The first kappa shape index (κ1) is 20.4. The number of thioether (sulfide) groups is 1. The molecule has 1 aromatic heterocycles. The lowest BCUT2D eigenvalue weighted by molar-refractivity contribution is -0.115. The second-order valence-electron chi connectivity index (χ2n) is 6.64. The summed E-state index contributed by atoms with van der Waals surface area (Å²) in [6.07, 6.45) is 0. The van der Waals surface area contributed by atoms with E-state index in [1.165, 1.54) is 0 Å². The Kier molecular flexibility index (Phi) is 6.15. The zero-order valence-electron chi connectivity index (χ0n) is 16.3. The maximum Gasteiger partial charge on any atom is 0.270 e. The molecule has 3 aromatic rings. The number of amides is 1. The number of aromatic amines is 1. The molecule has 0 saturated carbocycles. The second-order valence-corrected chi connectivity index (χ2v) is 7.97. The molecule has 1 amide bonds. The van der Waals surface area contributed by atoms with Crippen LogP contribution < -0.4 is 10.9 Å². The van der Waals surface area contributed by atoms with Gasteiger partial charge in [-0.15, -0.1) is 0 Å². The van der Waals surface area contributed by atoms with Gasteiger partial charge in [0, 0.05) is 11.3 Å². The van der Waals surface area contributed by atoms with E-state index in [1.54, 1.807) is 19.1 Å². The van der Waals surface area contributed by atoms with Crippen molar-refractivity contribution in [2.45, 2.75) is 31.2 Å². The summed E-state index contributed by atoms with van der Waals surface area (Å²) in [5.41, 5.74) is 3.19. The summed E-state index contributed by atoms with van der Waals surface area (Å²) in [6, 6.07) is 16.8. The van der Waals surface area contributed by atoms with Gasteiger partial charge in [0.05, 0.1) is 10.9 Å². The molecule has 0 fully saturated rings. The van der Waals surface area contributed by atoms with Crippen molar-refractivity contribution in [2.24, 2.45) is 0 Å². The number of carbonyl (C=O) groups excluding carboxylic acids is 1. The lowest BCUT2D eigenvalue weighted by Gasteiger charge is -2.14. The Morgan fingerprint density at radius 2 is 1.93 bits per heavy atom. The summed E-state index contributed by atoms with van der Waals surface area (Å²) in [7, 11) is 0. The van der Waals surface area contributed by atoms with Crippen molar-refractivity contribution >= 4 is 23.4 Å².